The Bertz CT molecular complexity index is 252. The third kappa shape index (κ3) is 8.01. The molecule has 1 atom stereocenters. The average Bonchev–Trinajstić information content (AvgIpc) is 2.96. The molecule has 0 radical (unpaired) electrons. The lowest BCUT2D eigenvalue weighted by molar-refractivity contribution is -0.136. The lowest BCUT2D eigenvalue weighted by Crippen LogP contribution is -2.38. The molecule has 1 unspecified atom stereocenters. The van der Waals surface area contributed by atoms with Gasteiger partial charge in [0, 0.05) is 18.5 Å². The molecule has 2 N–H and O–H groups in total. The van der Waals surface area contributed by atoms with Gasteiger partial charge in [0.2, 0.25) is 5.91 Å². The fraction of sp³-hybridized carbons (Fsp3) is 0.909. The highest BCUT2D eigenvalue weighted by Gasteiger charge is 2.26. The molecule has 17 heavy (non-hydrogen) atoms. The van der Waals surface area contributed by atoms with Gasteiger partial charge in [0.25, 0.3) is 0 Å². The molecule has 6 heteroatoms. The van der Waals surface area contributed by atoms with Crippen LogP contribution in [0.1, 0.15) is 39.0 Å². The maximum absolute atomic E-state index is 11.9. The lowest BCUT2D eigenvalue weighted by atomic mass is 10.1. The number of alkyl halides is 3. The van der Waals surface area contributed by atoms with E-state index in [9.17, 15) is 18.0 Å². The van der Waals surface area contributed by atoms with Crippen LogP contribution in [0.25, 0.3) is 0 Å². The van der Waals surface area contributed by atoms with Crippen molar-refractivity contribution < 1.29 is 18.0 Å². The molecule has 100 valence electrons. The minimum Gasteiger partial charge on any atom is -0.352 e. The Morgan fingerprint density at radius 1 is 1.41 bits per heavy atom. The van der Waals surface area contributed by atoms with E-state index >= 15 is 0 Å². The van der Waals surface area contributed by atoms with Crippen molar-refractivity contribution in [3.8, 4) is 0 Å². The Morgan fingerprint density at radius 3 is 2.59 bits per heavy atom. The summed E-state index contributed by atoms with van der Waals surface area (Å²) >= 11 is 0. The zero-order chi connectivity index (χ0) is 12.9. The second-order valence-electron chi connectivity index (χ2n) is 4.63. The number of rotatable bonds is 7. The maximum atomic E-state index is 11.9. The molecule has 0 aromatic rings. The van der Waals surface area contributed by atoms with Crippen molar-refractivity contribution in [2.45, 2.75) is 57.3 Å². The van der Waals surface area contributed by atoms with Crippen molar-refractivity contribution in [3.05, 3.63) is 0 Å². The highest BCUT2D eigenvalue weighted by atomic mass is 19.4. The SMILES string of the molecule is CC(CCCC(F)(F)F)NCC(=O)NC1CC1. The van der Waals surface area contributed by atoms with E-state index in [1.165, 1.54) is 0 Å². The monoisotopic (exact) mass is 252 g/mol. The van der Waals surface area contributed by atoms with Gasteiger partial charge >= 0.3 is 6.18 Å². The van der Waals surface area contributed by atoms with Crippen molar-refractivity contribution in [2.75, 3.05) is 6.54 Å². The molecule has 0 aromatic heterocycles. The first kappa shape index (κ1) is 14.3. The fourth-order valence-corrected chi connectivity index (χ4v) is 1.48. The second kappa shape index (κ2) is 6.23. The molecule has 1 fully saturated rings. The van der Waals surface area contributed by atoms with Crippen LogP contribution in [0.5, 0.6) is 0 Å². The lowest BCUT2D eigenvalue weighted by Gasteiger charge is -2.14. The summed E-state index contributed by atoms with van der Waals surface area (Å²) < 4.78 is 35.7. The first-order valence-electron chi connectivity index (χ1n) is 5.96. The summed E-state index contributed by atoms with van der Waals surface area (Å²) in [5.41, 5.74) is 0. The van der Waals surface area contributed by atoms with Crippen LogP contribution in [0.3, 0.4) is 0 Å². The van der Waals surface area contributed by atoms with Crippen molar-refractivity contribution in [1.29, 1.82) is 0 Å². The molecule has 3 nitrogen and oxygen atoms in total. The van der Waals surface area contributed by atoms with E-state index < -0.39 is 12.6 Å². The third-order valence-electron chi connectivity index (χ3n) is 2.65. The molecule has 0 spiro atoms. The van der Waals surface area contributed by atoms with Gasteiger partial charge in [-0.15, -0.1) is 0 Å². The Labute approximate surface area is 99.1 Å². The molecule has 1 amide bonds. The minimum absolute atomic E-state index is 0.0673. The zero-order valence-corrected chi connectivity index (χ0v) is 9.94. The van der Waals surface area contributed by atoms with Crippen LogP contribution in [0.15, 0.2) is 0 Å². The van der Waals surface area contributed by atoms with Crippen LogP contribution in [0.4, 0.5) is 13.2 Å². The zero-order valence-electron chi connectivity index (χ0n) is 9.94. The molecule has 0 aliphatic heterocycles. The van der Waals surface area contributed by atoms with Crippen molar-refractivity contribution in [1.82, 2.24) is 10.6 Å². The normalized spacial score (nSPS) is 17.9. The van der Waals surface area contributed by atoms with Gasteiger partial charge in [-0.3, -0.25) is 4.79 Å². The van der Waals surface area contributed by atoms with Crippen LogP contribution in [0, 0.1) is 0 Å². The van der Waals surface area contributed by atoms with Crippen molar-refractivity contribution >= 4 is 5.91 Å². The van der Waals surface area contributed by atoms with E-state index in [0.717, 1.165) is 12.8 Å². The van der Waals surface area contributed by atoms with Gasteiger partial charge in [0.15, 0.2) is 0 Å². The number of carbonyl (C=O) groups is 1. The van der Waals surface area contributed by atoms with Gasteiger partial charge in [-0.25, -0.2) is 0 Å². The van der Waals surface area contributed by atoms with Gasteiger partial charge in [-0.2, -0.15) is 13.2 Å². The van der Waals surface area contributed by atoms with Gasteiger partial charge in [0.05, 0.1) is 6.54 Å². The number of hydrogen-bond acceptors (Lipinski definition) is 2. The molecule has 0 bridgehead atoms. The van der Waals surface area contributed by atoms with Gasteiger partial charge in [-0.1, -0.05) is 0 Å². The molecular formula is C11H19F3N2O. The standard InChI is InChI=1S/C11H19F3N2O/c1-8(3-2-6-11(12,13)14)15-7-10(17)16-9-4-5-9/h8-9,15H,2-7H2,1H3,(H,16,17). The van der Waals surface area contributed by atoms with Crippen LogP contribution in [-0.4, -0.2) is 30.7 Å². The summed E-state index contributed by atoms with van der Waals surface area (Å²) in [6, 6.07) is 0.257. The molecule has 1 rings (SSSR count). The quantitative estimate of drug-likeness (QED) is 0.727. The molecular weight excluding hydrogens is 233 g/mol. The number of hydrogen-bond donors (Lipinski definition) is 2. The predicted molar refractivity (Wildman–Crippen MR) is 58.5 cm³/mol. The molecule has 1 aliphatic rings. The van der Waals surface area contributed by atoms with E-state index in [1.54, 1.807) is 6.92 Å². The third-order valence-corrected chi connectivity index (χ3v) is 2.65. The van der Waals surface area contributed by atoms with Crippen LogP contribution in [0.2, 0.25) is 0 Å². The molecule has 0 heterocycles. The summed E-state index contributed by atoms with van der Waals surface area (Å²) in [6.45, 7) is 1.98. The minimum atomic E-state index is -4.08. The Kier molecular flexibility index (Phi) is 5.24. The first-order chi connectivity index (χ1) is 7.87. The number of carbonyl (C=O) groups excluding carboxylic acids is 1. The number of amides is 1. The number of nitrogens with one attached hydrogen (secondary N) is 2. The summed E-state index contributed by atoms with van der Waals surface area (Å²) in [4.78, 5) is 11.3. The maximum Gasteiger partial charge on any atom is 0.389 e. The summed E-state index contributed by atoms with van der Waals surface area (Å²) in [7, 11) is 0. The summed E-state index contributed by atoms with van der Waals surface area (Å²) in [5.74, 6) is -0.0739. The summed E-state index contributed by atoms with van der Waals surface area (Å²) in [6.07, 6.45) is -2.24. The molecule has 1 saturated carbocycles. The van der Waals surface area contributed by atoms with E-state index in [4.69, 9.17) is 0 Å². The van der Waals surface area contributed by atoms with Gasteiger partial charge < -0.3 is 10.6 Å². The Morgan fingerprint density at radius 2 is 2.06 bits per heavy atom. The van der Waals surface area contributed by atoms with Crippen molar-refractivity contribution in [2.24, 2.45) is 0 Å². The van der Waals surface area contributed by atoms with Gasteiger partial charge in [-0.05, 0) is 32.6 Å². The molecule has 0 saturated heterocycles. The van der Waals surface area contributed by atoms with Crippen molar-refractivity contribution in [3.63, 3.8) is 0 Å². The average molecular weight is 252 g/mol. The van der Waals surface area contributed by atoms with Crippen LogP contribution in [-0.2, 0) is 4.79 Å². The van der Waals surface area contributed by atoms with E-state index in [2.05, 4.69) is 10.6 Å². The fourth-order valence-electron chi connectivity index (χ4n) is 1.48. The van der Waals surface area contributed by atoms with Crippen LogP contribution < -0.4 is 10.6 Å². The summed E-state index contributed by atoms with van der Waals surface area (Å²) in [5, 5.41) is 5.73. The largest absolute Gasteiger partial charge is 0.389 e. The van der Waals surface area contributed by atoms with E-state index in [1.807, 2.05) is 0 Å². The highest BCUT2D eigenvalue weighted by Crippen LogP contribution is 2.22. The number of halogens is 3. The Balaban J connectivity index is 1.99. The van der Waals surface area contributed by atoms with Crippen LogP contribution >= 0.6 is 0 Å². The predicted octanol–water partition coefficient (Wildman–Crippen LogP) is 1.98. The van der Waals surface area contributed by atoms with E-state index in [-0.39, 0.29) is 24.9 Å². The smallest absolute Gasteiger partial charge is 0.352 e. The molecule has 1 aliphatic carbocycles. The van der Waals surface area contributed by atoms with Gasteiger partial charge in [0.1, 0.15) is 0 Å². The topological polar surface area (TPSA) is 41.1 Å². The second-order valence-corrected chi connectivity index (χ2v) is 4.63. The van der Waals surface area contributed by atoms with E-state index in [0.29, 0.717) is 12.5 Å². The molecule has 0 aromatic carbocycles. The first-order valence-corrected chi connectivity index (χ1v) is 5.96. The highest BCUT2D eigenvalue weighted by molar-refractivity contribution is 5.78. The Hall–Kier alpha value is -0.780.